The van der Waals surface area contributed by atoms with Crippen molar-refractivity contribution < 1.29 is 38.0 Å². The molecule has 7 fully saturated rings. The van der Waals surface area contributed by atoms with Crippen LogP contribution in [0.25, 0.3) is 0 Å². The number of likely N-dealkylation sites (tertiary alicyclic amines) is 1. The lowest BCUT2D eigenvalue weighted by molar-refractivity contribution is -0.305. The molecule has 2 heterocycles. The van der Waals surface area contributed by atoms with E-state index in [0.717, 1.165) is 32.2 Å². The number of piperidine rings is 1. The molecule has 2 aliphatic heterocycles. The lowest BCUT2D eigenvalue weighted by Crippen LogP contribution is -2.82. The van der Waals surface area contributed by atoms with E-state index in [2.05, 4.69) is 17.1 Å². The molecular formula is C33H44N2O8. The van der Waals surface area contributed by atoms with Crippen LogP contribution in [0, 0.1) is 29.1 Å². The van der Waals surface area contributed by atoms with Crippen molar-refractivity contribution in [1.82, 2.24) is 4.90 Å². The lowest BCUT2D eigenvalue weighted by atomic mass is 9.44. The van der Waals surface area contributed by atoms with Gasteiger partial charge in [-0.2, -0.15) is 0 Å². The third kappa shape index (κ3) is 3.15. The highest BCUT2D eigenvalue weighted by Crippen LogP contribution is 2.81. The molecule has 10 nitrogen and oxygen atoms in total. The number of para-hydroxylation sites is 1. The van der Waals surface area contributed by atoms with E-state index in [1.54, 1.807) is 19.2 Å². The fraction of sp³-hybridized carbons (Fsp3) is 0.758. The molecule has 234 valence electrons. The first kappa shape index (κ1) is 28.4. The number of amides is 1. The number of hydrogen-bond donors (Lipinski definition) is 1. The van der Waals surface area contributed by atoms with Gasteiger partial charge in [0.05, 0.1) is 29.6 Å². The third-order valence-corrected chi connectivity index (χ3v) is 13.2. The number of methoxy groups -OCH3 is 3. The zero-order valence-electron chi connectivity index (χ0n) is 25.8. The molecule has 1 N–H and O–H groups in total. The van der Waals surface area contributed by atoms with Crippen LogP contribution < -0.4 is 5.32 Å². The summed E-state index contributed by atoms with van der Waals surface area (Å²) >= 11 is 0. The number of carbonyl (C=O) groups excluding carboxylic acids is 2. The van der Waals surface area contributed by atoms with E-state index in [1.807, 2.05) is 26.4 Å². The molecule has 2 spiro atoms. The molecule has 1 unspecified atom stereocenters. The zero-order chi connectivity index (χ0) is 29.9. The van der Waals surface area contributed by atoms with Crippen molar-refractivity contribution in [2.24, 2.45) is 29.1 Å². The summed E-state index contributed by atoms with van der Waals surface area (Å²) in [5.41, 5.74) is -1.33. The Kier molecular flexibility index (Phi) is 6.25. The van der Waals surface area contributed by atoms with E-state index in [1.165, 1.54) is 6.92 Å². The summed E-state index contributed by atoms with van der Waals surface area (Å²) in [4.78, 5) is 28.7. The van der Waals surface area contributed by atoms with Crippen molar-refractivity contribution >= 4 is 17.6 Å². The van der Waals surface area contributed by atoms with Gasteiger partial charge in [0, 0.05) is 76.3 Å². The number of anilines is 1. The minimum atomic E-state index is -0.710. The van der Waals surface area contributed by atoms with Crippen molar-refractivity contribution in [2.75, 3.05) is 46.5 Å². The molecule has 12 atom stereocenters. The average Bonchev–Trinajstić information content (AvgIpc) is 3.61. The number of carbonyl (C=O) groups is 2. The highest BCUT2D eigenvalue weighted by atomic mass is 16.7. The van der Waals surface area contributed by atoms with Gasteiger partial charge in [-0.15, -0.1) is 0 Å². The number of esters is 1. The van der Waals surface area contributed by atoms with Gasteiger partial charge in [0.15, 0.2) is 0 Å². The second-order valence-electron chi connectivity index (χ2n) is 14.0. The Morgan fingerprint density at radius 1 is 1.07 bits per heavy atom. The summed E-state index contributed by atoms with van der Waals surface area (Å²) in [7, 11) is 5.47. The van der Waals surface area contributed by atoms with Crippen LogP contribution in [0.4, 0.5) is 5.69 Å². The van der Waals surface area contributed by atoms with Crippen LogP contribution in [0.2, 0.25) is 0 Å². The highest BCUT2D eigenvalue weighted by Gasteiger charge is 2.91. The molecule has 0 aromatic heterocycles. The predicted molar refractivity (Wildman–Crippen MR) is 154 cm³/mol. The summed E-state index contributed by atoms with van der Waals surface area (Å²) < 4.78 is 39.7. The van der Waals surface area contributed by atoms with Crippen molar-refractivity contribution in [3.8, 4) is 0 Å². The summed E-state index contributed by atoms with van der Waals surface area (Å²) in [6.45, 7) is 5.41. The van der Waals surface area contributed by atoms with Crippen molar-refractivity contribution in [2.45, 2.75) is 87.1 Å². The molecule has 1 aromatic rings. The number of hydrogen-bond acceptors (Lipinski definition) is 9. The van der Waals surface area contributed by atoms with Crippen molar-refractivity contribution in [1.29, 1.82) is 0 Å². The van der Waals surface area contributed by atoms with Gasteiger partial charge in [-0.05, 0) is 44.4 Å². The van der Waals surface area contributed by atoms with E-state index in [-0.39, 0.29) is 66.1 Å². The molecule has 10 heteroatoms. The van der Waals surface area contributed by atoms with Crippen molar-refractivity contribution in [3.63, 3.8) is 0 Å². The maximum absolute atomic E-state index is 14.1. The van der Waals surface area contributed by atoms with Gasteiger partial charge < -0.3 is 33.7 Å². The molecule has 7 bridgehead atoms. The first-order valence-corrected chi connectivity index (χ1v) is 16.0. The molecule has 7 aliphatic rings. The summed E-state index contributed by atoms with van der Waals surface area (Å²) in [6.07, 6.45) is 3.91. The lowest BCUT2D eigenvalue weighted by Gasteiger charge is -2.70. The number of ether oxygens (including phenoxy) is 6. The third-order valence-electron chi connectivity index (χ3n) is 13.2. The van der Waals surface area contributed by atoms with Gasteiger partial charge in [-0.3, -0.25) is 9.69 Å². The van der Waals surface area contributed by atoms with Gasteiger partial charge in [0.2, 0.25) is 5.91 Å². The van der Waals surface area contributed by atoms with E-state index in [4.69, 9.17) is 28.4 Å². The van der Waals surface area contributed by atoms with E-state index in [9.17, 15) is 9.59 Å². The molecular weight excluding hydrogens is 552 g/mol. The maximum atomic E-state index is 14.1. The topological polar surface area (TPSA) is 105 Å². The monoisotopic (exact) mass is 596 g/mol. The SMILES string of the molecule is CCN1C[C@]2(OC(=O)c3ccccc3NC(C)=O)CC[C@H](OC)[C@]34C1[C@H](C[C@H]23)[C@@]12C[C@H](OC)[C@H]3C[C@@H]4[C@]1(OCO2)[C@H]3OC. The predicted octanol–water partition coefficient (Wildman–Crippen LogP) is 3.24. The Balaban J connectivity index is 1.29. The molecule has 43 heavy (non-hydrogen) atoms. The van der Waals surface area contributed by atoms with Crippen molar-refractivity contribution in [3.05, 3.63) is 29.8 Å². The zero-order valence-corrected chi connectivity index (χ0v) is 25.8. The van der Waals surface area contributed by atoms with Gasteiger partial charge in [0.25, 0.3) is 0 Å². The summed E-state index contributed by atoms with van der Waals surface area (Å²) in [5, 5.41) is 2.82. The Morgan fingerprint density at radius 2 is 1.88 bits per heavy atom. The van der Waals surface area contributed by atoms with Crippen LogP contribution in [0.1, 0.15) is 56.3 Å². The Bertz CT molecular complexity index is 1340. The van der Waals surface area contributed by atoms with Gasteiger partial charge in [0.1, 0.15) is 23.6 Å². The summed E-state index contributed by atoms with van der Waals surface area (Å²) in [5.74, 6) is -0.131. The standard InChI is InChI=1S/C33H44N2O8/c1-6-35-16-30(43-29(37)19-9-7-8-10-22(19)34-18(2)36)12-11-26(39-4)32-24(30)14-21(27(32)35)31-15-23(38-3)20-13-25(32)33(31,28(20)40-5)42-17-41-31/h7-10,20-21,23-28H,6,11-17H2,1-5H3,(H,34,36)/t20-,21+,23+,24-,25+,26+,27?,28+,30-,31+,32+,33+/m1/s1. The van der Waals surface area contributed by atoms with Crippen LogP contribution in [-0.2, 0) is 33.2 Å². The van der Waals surface area contributed by atoms with Gasteiger partial charge in [-0.1, -0.05) is 19.1 Å². The largest absolute Gasteiger partial charge is 0.454 e. The van der Waals surface area contributed by atoms with E-state index in [0.29, 0.717) is 24.2 Å². The molecule has 8 rings (SSSR count). The van der Waals surface area contributed by atoms with Crippen LogP contribution in [0.3, 0.4) is 0 Å². The number of fused-ring (bicyclic) bond motifs is 1. The van der Waals surface area contributed by atoms with Gasteiger partial charge >= 0.3 is 5.97 Å². The fourth-order valence-corrected chi connectivity index (χ4v) is 12.4. The first-order valence-electron chi connectivity index (χ1n) is 16.0. The van der Waals surface area contributed by atoms with E-state index < -0.39 is 22.8 Å². The molecule has 5 saturated carbocycles. The molecule has 1 amide bonds. The number of nitrogens with zero attached hydrogens (tertiary/aromatic N) is 1. The number of benzene rings is 1. The molecule has 0 radical (unpaired) electrons. The Morgan fingerprint density at radius 3 is 2.60 bits per heavy atom. The maximum Gasteiger partial charge on any atom is 0.340 e. The van der Waals surface area contributed by atoms with Crippen LogP contribution in [0.15, 0.2) is 24.3 Å². The Labute approximate surface area is 253 Å². The normalized spacial score (nSPS) is 48.6. The average molecular weight is 597 g/mol. The molecule has 5 aliphatic carbocycles. The number of nitrogens with one attached hydrogen (secondary N) is 1. The molecule has 1 aromatic carbocycles. The van der Waals surface area contributed by atoms with E-state index >= 15 is 0 Å². The smallest absolute Gasteiger partial charge is 0.340 e. The van der Waals surface area contributed by atoms with Crippen LogP contribution >= 0.6 is 0 Å². The number of rotatable bonds is 7. The summed E-state index contributed by atoms with van der Waals surface area (Å²) in [6, 6.07) is 7.32. The highest BCUT2D eigenvalue weighted by molar-refractivity contribution is 6.00. The minimum absolute atomic E-state index is 0.0141. The second kappa shape index (κ2) is 9.47. The minimum Gasteiger partial charge on any atom is -0.454 e. The molecule has 2 saturated heterocycles. The van der Waals surface area contributed by atoms with Crippen LogP contribution in [-0.4, -0.2) is 99.1 Å². The second-order valence-corrected chi connectivity index (χ2v) is 14.0. The van der Waals surface area contributed by atoms with Gasteiger partial charge in [-0.25, -0.2) is 4.79 Å². The Hall–Kier alpha value is -2.08. The quantitative estimate of drug-likeness (QED) is 0.475. The number of likely N-dealkylation sites (N-methyl/N-ethyl adjacent to an activating group) is 1. The van der Waals surface area contributed by atoms with Crippen LogP contribution in [0.5, 0.6) is 0 Å². The first-order chi connectivity index (χ1) is 20.8. The fourth-order valence-electron chi connectivity index (χ4n) is 12.4.